The van der Waals surface area contributed by atoms with Gasteiger partial charge in [0.05, 0.1) is 23.2 Å². The summed E-state index contributed by atoms with van der Waals surface area (Å²) >= 11 is 12.4. The zero-order valence-corrected chi connectivity index (χ0v) is 15.3. The van der Waals surface area contributed by atoms with Crippen LogP contribution >= 0.6 is 23.2 Å². The Bertz CT molecular complexity index is 980. The summed E-state index contributed by atoms with van der Waals surface area (Å²) in [5, 5.41) is 9.31. The molecule has 6 nitrogen and oxygen atoms in total. The minimum atomic E-state index is -0.350. The third kappa shape index (κ3) is 3.87. The Balaban J connectivity index is 1.79. The number of amides is 1. The minimum Gasteiger partial charge on any atom is -0.399 e. The summed E-state index contributed by atoms with van der Waals surface area (Å²) in [6.07, 6.45) is 1.46. The molecular formula is C18H15Cl2N5O. The molecule has 1 aromatic heterocycles. The van der Waals surface area contributed by atoms with Crippen LogP contribution in [0.5, 0.6) is 0 Å². The van der Waals surface area contributed by atoms with Crippen molar-refractivity contribution in [1.82, 2.24) is 15.2 Å². The normalized spacial score (nSPS) is 11.0. The molecule has 0 saturated carbocycles. The third-order valence-electron chi connectivity index (χ3n) is 3.63. The maximum absolute atomic E-state index is 12.0. The summed E-state index contributed by atoms with van der Waals surface area (Å²) in [6, 6.07) is 13.7. The first-order chi connectivity index (χ1) is 12.5. The van der Waals surface area contributed by atoms with Crippen molar-refractivity contribution in [2.75, 3.05) is 5.73 Å². The summed E-state index contributed by atoms with van der Waals surface area (Å²) in [4.78, 5) is 12.0. The second kappa shape index (κ2) is 7.59. The van der Waals surface area contributed by atoms with E-state index in [-0.39, 0.29) is 5.91 Å². The number of hydrogen-bond acceptors (Lipinski definition) is 4. The van der Waals surface area contributed by atoms with Gasteiger partial charge in [0.25, 0.3) is 5.91 Å². The Morgan fingerprint density at radius 3 is 2.65 bits per heavy atom. The third-order valence-corrected chi connectivity index (χ3v) is 4.23. The van der Waals surface area contributed by atoms with Crippen molar-refractivity contribution in [1.29, 1.82) is 0 Å². The molecule has 0 spiro atoms. The molecule has 0 unspecified atom stereocenters. The molecule has 0 bridgehead atoms. The van der Waals surface area contributed by atoms with Gasteiger partial charge in [-0.2, -0.15) is 10.2 Å². The predicted molar refractivity (Wildman–Crippen MR) is 104 cm³/mol. The van der Waals surface area contributed by atoms with Gasteiger partial charge in [-0.15, -0.1) is 0 Å². The van der Waals surface area contributed by atoms with Gasteiger partial charge in [-0.3, -0.25) is 4.79 Å². The number of nitrogen functional groups attached to an aromatic ring is 1. The lowest BCUT2D eigenvalue weighted by molar-refractivity contribution is 0.0955. The van der Waals surface area contributed by atoms with Crippen LogP contribution in [0.2, 0.25) is 10.2 Å². The molecule has 132 valence electrons. The van der Waals surface area contributed by atoms with Gasteiger partial charge in [0, 0.05) is 16.3 Å². The highest BCUT2D eigenvalue weighted by molar-refractivity contribution is 6.32. The fourth-order valence-corrected chi connectivity index (χ4v) is 2.80. The SMILES string of the molecule is Cc1nn(-c2cccc(Cl)c2)c(Cl)c1/C=N/NC(=O)c1ccc(N)cc1. The van der Waals surface area contributed by atoms with Crippen molar-refractivity contribution in [3.63, 3.8) is 0 Å². The first-order valence-electron chi connectivity index (χ1n) is 7.65. The molecule has 0 radical (unpaired) electrons. The van der Waals surface area contributed by atoms with Gasteiger partial charge < -0.3 is 5.73 Å². The van der Waals surface area contributed by atoms with Crippen LogP contribution in [0.25, 0.3) is 5.69 Å². The molecule has 3 aromatic rings. The molecule has 0 aliphatic rings. The molecule has 1 amide bonds. The van der Waals surface area contributed by atoms with E-state index in [2.05, 4.69) is 15.6 Å². The average Bonchev–Trinajstić information content (AvgIpc) is 2.90. The molecule has 0 saturated heterocycles. The van der Waals surface area contributed by atoms with E-state index >= 15 is 0 Å². The number of nitrogens with one attached hydrogen (secondary N) is 1. The number of anilines is 1. The monoisotopic (exact) mass is 387 g/mol. The smallest absolute Gasteiger partial charge is 0.271 e. The number of hydrogen-bond donors (Lipinski definition) is 2. The fraction of sp³-hybridized carbons (Fsp3) is 0.0556. The Labute approximate surface area is 160 Å². The van der Waals surface area contributed by atoms with E-state index in [0.717, 1.165) is 5.69 Å². The minimum absolute atomic E-state index is 0.350. The summed E-state index contributed by atoms with van der Waals surface area (Å²) in [7, 11) is 0. The van der Waals surface area contributed by atoms with E-state index < -0.39 is 0 Å². The van der Waals surface area contributed by atoms with Crippen LogP contribution in [-0.4, -0.2) is 21.9 Å². The highest BCUT2D eigenvalue weighted by Gasteiger charge is 2.13. The van der Waals surface area contributed by atoms with E-state index in [0.29, 0.717) is 32.7 Å². The van der Waals surface area contributed by atoms with E-state index in [1.165, 1.54) is 6.21 Å². The predicted octanol–water partition coefficient (Wildman–Crippen LogP) is 3.83. The number of halogens is 2. The van der Waals surface area contributed by atoms with Crippen LogP contribution in [-0.2, 0) is 0 Å². The molecule has 26 heavy (non-hydrogen) atoms. The molecule has 0 aliphatic heterocycles. The van der Waals surface area contributed by atoms with Gasteiger partial charge in [0.15, 0.2) is 0 Å². The van der Waals surface area contributed by atoms with E-state index in [1.54, 1.807) is 48.0 Å². The Kier molecular flexibility index (Phi) is 5.25. The van der Waals surface area contributed by atoms with Gasteiger partial charge in [0.2, 0.25) is 0 Å². The lowest BCUT2D eigenvalue weighted by Gasteiger charge is -2.03. The van der Waals surface area contributed by atoms with Gasteiger partial charge >= 0.3 is 0 Å². The number of carbonyl (C=O) groups excluding carboxylic acids is 1. The van der Waals surface area contributed by atoms with Crippen molar-refractivity contribution >= 4 is 41.0 Å². The summed E-state index contributed by atoms with van der Waals surface area (Å²) < 4.78 is 1.56. The van der Waals surface area contributed by atoms with E-state index in [4.69, 9.17) is 28.9 Å². The van der Waals surface area contributed by atoms with Crippen LogP contribution in [0, 0.1) is 6.92 Å². The number of carbonyl (C=O) groups is 1. The zero-order chi connectivity index (χ0) is 18.7. The van der Waals surface area contributed by atoms with Crippen LogP contribution in [0.4, 0.5) is 5.69 Å². The van der Waals surface area contributed by atoms with Gasteiger partial charge in [-0.25, -0.2) is 10.1 Å². The largest absolute Gasteiger partial charge is 0.399 e. The van der Waals surface area contributed by atoms with Crippen molar-refractivity contribution in [2.45, 2.75) is 6.92 Å². The van der Waals surface area contributed by atoms with Crippen LogP contribution in [0.3, 0.4) is 0 Å². The number of nitrogens with two attached hydrogens (primary N) is 1. The molecule has 0 atom stereocenters. The van der Waals surface area contributed by atoms with Crippen LogP contribution < -0.4 is 11.2 Å². The highest BCUT2D eigenvalue weighted by atomic mass is 35.5. The molecule has 3 rings (SSSR count). The first kappa shape index (κ1) is 18.0. The Morgan fingerprint density at radius 2 is 1.96 bits per heavy atom. The van der Waals surface area contributed by atoms with E-state index in [9.17, 15) is 4.79 Å². The first-order valence-corrected chi connectivity index (χ1v) is 8.41. The fourth-order valence-electron chi connectivity index (χ4n) is 2.29. The average molecular weight is 388 g/mol. The summed E-state index contributed by atoms with van der Waals surface area (Å²) in [5.41, 5.74) is 11.1. The quantitative estimate of drug-likeness (QED) is 0.405. The molecule has 0 aliphatic carbocycles. The van der Waals surface area contributed by atoms with Crippen LogP contribution in [0.1, 0.15) is 21.6 Å². The number of hydrazone groups is 1. The summed E-state index contributed by atoms with van der Waals surface area (Å²) in [6.45, 7) is 1.80. The van der Waals surface area contributed by atoms with Gasteiger partial charge in [-0.05, 0) is 49.4 Å². The standard InChI is InChI=1S/C18H15Cl2N5O/c1-11-16(10-22-23-18(26)12-5-7-14(21)8-6-12)17(20)25(24-11)15-4-2-3-13(19)9-15/h2-10H,21H2,1H3,(H,23,26)/b22-10+. The van der Waals surface area contributed by atoms with Gasteiger partial charge in [-0.1, -0.05) is 29.3 Å². The number of aryl methyl sites for hydroxylation is 1. The number of rotatable bonds is 4. The van der Waals surface area contributed by atoms with Gasteiger partial charge in [0.1, 0.15) is 5.15 Å². The van der Waals surface area contributed by atoms with Crippen molar-refractivity contribution in [3.8, 4) is 5.69 Å². The molecule has 3 N–H and O–H groups in total. The molecular weight excluding hydrogens is 373 g/mol. The summed E-state index contributed by atoms with van der Waals surface area (Å²) in [5.74, 6) is -0.350. The highest BCUT2D eigenvalue weighted by Crippen LogP contribution is 2.23. The topological polar surface area (TPSA) is 85.3 Å². The molecule has 8 heteroatoms. The second-order valence-electron chi connectivity index (χ2n) is 5.50. The molecule has 0 fully saturated rings. The lowest BCUT2D eigenvalue weighted by Crippen LogP contribution is -2.17. The number of benzene rings is 2. The molecule has 2 aromatic carbocycles. The number of aromatic nitrogens is 2. The maximum atomic E-state index is 12.0. The van der Waals surface area contributed by atoms with Crippen molar-refractivity contribution in [3.05, 3.63) is 75.5 Å². The van der Waals surface area contributed by atoms with Crippen LogP contribution in [0.15, 0.2) is 53.6 Å². The van der Waals surface area contributed by atoms with Crippen molar-refractivity contribution < 1.29 is 4.79 Å². The maximum Gasteiger partial charge on any atom is 0.271 e. The zero-order valence-electron chi connectivity index (χ0n) is 13.8. The second-order valence-corrected chi connectivity index (χ2v) is 6.30. The Morgan fingerprint density at radius 1 is 1.23 bits per heavy atom. The molecule has 1 heterocycles. The lowest BCUT2D eigenvalue weighted by atomic mass is 10.2. The van der Waals surface area contributed by atoms with Crippen molar-refractivity contribution in [2.24, 2.45) is 5.10 Å². The Hall–Kier alpha value is -2.83. The van der Waals surface area contributed by atoms with E-state index in [1.807, 2.05) is 12.1 Å². The number of nitrogens with zero attached hydrogens (tertiary/aromatic N) is 3.